The molecule has 0 aliphatic heterocycles. The van der Waals surface area contributed by atoms with Crippen molar-refractivity contribution in [2.24, 2.45) is 0 Å². The Bertz CT molecular complexity index is 925. The number of halogens is 1. The van der Waals surface area contributed by atoms with Gasteiger partial charge in [-0.2, -0.15) is 0 Å². The summed E-state index contributed by atoms with van der Waals surface area (Å²) in [5.74, 6) is -0.375. The van der Waals surface area contributed by atoms with Gasteiger partial charge in [0.15, 0.2) is 5.78 Å². The fourth-order valence-electron chi connectivity index (χ4n) is 2.72. The van der Waals surface area contributed by atoms with E-state index in [2.05, 4.69) is 0 Å². The van der Waals surface area contributed by atoms with Crippen molar-refractivity contribution in [2.75, 3.05) is 19.0 Å². The van der Waals surface area contributed by atoms with Gasteiger partial charge in [0.2, 0.25) is 0 Å². The molecule has 0 spiro atoms. The smallest absolute Gasteiger partial charge is 0.186 e. The van der Waals surface area contributed by atoms with Crippen molar-refractivity contribution >= 4 is 17.5 Å². The Kier molecular flexibility index (Phi) is 5.28. The Labute approximate surface area is 153 Å². The highest BCUT2D eigenvalue weighted by Crippen LogP contribution is 2.25. The third-order valence-corrected chi connectivity index (χ3v) is 4.18. The zero-order chi connectivity index (χ0) is 18.5. The number of ketones is 1. The lowest BCUT2D eigenvalue weighted by molar-refractivity contribution is 0.104. The Morgan fingerprint density at radius 1 is 0.885 bits per heavy atom. The monoisotopic (exact) mass is 345 g/mol. The largest absolute Gasteiger partial charge is 0.378 e. The summed E-state index contributed by atoms with van der Waals surface area (Å²) in [6, 6.07) is 21.5. The van der Waals surface area contributed by atoms with Crippen LogP contribution in [0.15, 0.2) is 78.9 Å². The fraction of sp³-hybridized carbons (Fsp3) is 0.0870. The van der Waals surface area contributed by atoms with Crippen molar-refractivity contribution in [3.63, 3.8) is 0 Å². The molecule has 3 aromatic rings. The number of nitrogens with zero attached hydrogens (tertiary/aromatic N) is 1. The standard InChI is InChI=1S/C23H20FNO/c1-25(2)20-14-7-17(8-15-20)9-16-23(26)22-6-4-3-5-21(22)18-10-12-19(24)13-11-18/h3-16H,1-2H3/b16-9+. The normalized spacial score (nSPS) is 10.9. The van der Waals surface area contributed by atoms with E-state index in [1.807, 2.05) is 67.5 Å². The second-order valence-corrected chi connectivity index (χ2v) is 6.24. The van der Waals surface area contributed by atoms with Crippen LogP contribution >= 0.6 is 0 Å². The minimum atomic E-state index is -0.293. The van der Waals surface area contributed by atoms with Crippen LogP contribution in [0, 0.1) is 5.82 Å². The number of benzene rings is 3. The molecule has 0 N–H and O–H groups in total. The van der Waals surface area contributed by atoms with Gasteiger partial charge in [-0.05, 0) is 47.0 Å². The number of carbonyl (C=O) groups is 1. The summed E-state index contributed by atoms with van der Waals surface area (Å²) in [4.78, 5) is 14.7. The zero-order valence-electron chi connectivity index (χ0n) is 14.8. The van der Waals surface area contributed by atoms with Gasteiger partial charge in [-0.25, -0.2) is 4.39 Å². The van der Waals surface area contributed by atoms with Crippen molar-refractivity contribution in [2.45, 2.75) is 0 Å². The van der Waals surface area contributed by atoms with Gasteiger partial charge in [-0.3, -0.25) is 4.79 Å². The number of anilines is 1. The molecule has 0 fully saturated rings. The van der Waals surface area contributed by atoms with Crippen LogP contribution < -0.4 is 4.90 Å². The van der Waals surface area contributed by atoms with Crippen LogP contribution in [0.5, 0.6) is 0 Å². The fourth-order valence-corrected chi connectivity index (χ4v) is 2.72. The molecule has 130 valence electrons. The summed E-state index contributed by atoms with van der Waals surface area (Å²) in [5.41, 5.74) is 4.28. The van der Waals surface area contributed by atoms with Gasteiger partial charge in [0.1, 0.15) is 5.82 Å². The minimum Gasteiger partial charge on any atom is -0.378 e. The third-order valence-electron chi connectivity index (χ3n) is 4.18. The van der Waals surface area contributed by atoms with E-state index < -0.39 is 0 Å². The molecule has 0 unspecified atom stereocenters. The molecule has 0 saturated carbocycles. The average molecular weight is 345 g/mol. The third kappa shape index (κ3) is 4.06. The second-order valence-electron chi connectivity index (χ2n) is 6.24. The Morgan fingerprint density at radius 3 is 2.19 bits per heavy atom. The van der Waals surface area contributed by atoms with Crippen LogP contribution in [0.4, 0.5) is 10.1 Å². The summed E-state index contributed by atoms with van der Waals surface area (Å²) in [6.07, 6.45) is 3.39. The van der Waals surface area contributed by atoms with E-state index in [9.17, 15) is 9.18 Å². The maximum atomic E-state index is 13.2. The first-order valence-electron chi connectivity index (χ1n) is 8.39. The molecule has 26 heavy (non-hydrogen) atoms. The summed E-state index contributed by atoms with van der Waals surface area (Å²) >= 11 is 0. The van der Waals surface area contributed by atoms with E-state index in [1.54, 1.807) is 24.3 Å². The van der Waals surface area contributed by atoms with E-state index in [0.29, 0.717) is 5.56 Å². The number of hydrogen-bond acceptors (Lipinski definition) is 2. The number of hydrogen-bond donors (Lipinski definition) is 0. The molecular formula is C23H20FNO. The highest BCUT2D eigenvalue weighted by Gasteiger charge is 2.10. The molecule has 3 rings (SSSR count). The lowest BCUT2D eigenvalue weighted by Gasteiger charge is -2.11. The molecular weight excluding hydrogens is 325 g/mol. The molecule has 0 aliphatic rings. The van der Waals surface area contributed by atoms with E-state index in [4.69, 9.17) is 0 Å². The predicted molar refractivity (Wildman–Crippen MR) is 106 cm³/mol. The quantitative estimate of drug-likeness (QED) is 0.452. The Balaban J connectivity index is 1.85. The second kappa shape index (κ2) is 7.79. The van der Waals surface area contributed by atoms with Gasteiger partial charge < -0.3 is 4.90 Å². The van der Waals surface area contributed by atoms with Gasteiger partial charge in [-0.15, -0.1) is 0 Å². The van der Waals surface area contributed by atoms with Crippen LogP contribution in [0.2, 0.25) is 0 Å². The molecule has 0 saturated heterocycles. The Hall–Kier alpha value is -3.20. The molecule has 0 aliphatic carbocycles. The number of allylic oxidation sites excluding steroid dienone is 1. The highest BCUT2D eigenvalue weighted by molar-refractivity contribution is 6.10. The van der Waals surface area contributed by atoms with Gasteiger partial charge >= 0.3 is 0 Å². The summed E-state index contributed by atoms with van der Waals surface area (Å²) < 4.78 is 13.2. The average Bonchev–Trinajstić information content (AvgIpc) is 2.67. The molecule has 0 bridgehead atoms. The van der Waals surface area contributed by atoms with Crippen molar-refractivity contribution in [1.82, 2.24) is 0 Å². The lowest BCUT2D eigenvalue weighted by Crippen LogP contribution is -2.07. The first-order chi connectivity index (χ1) is 12.5. The van der Waals surface area contributed by atoms with Gasteiger partial charge in [0.05, 0.1) is 0 Å². The van der Waals surface area contributed by atoms with Crippen molar-refractivity contribution in [3.8, 4) is 11.1 Å². The van der Waals surface area contributed by atoms with Gasteiger partial charge in [0, 0.05) is 25.3 Å². The first kappa shape index (κ1) is 17.6. The lowest BCUT2D eigenvalue weighted by atomic mass is 9.96. The van der Waals surface area contributed by atoms with Crippen LogP contribution in [-0.2, 0) is 0 Å². The summed E-state index contributed by atoms with van der Waals surface area (Å²) in [5, 5.41) is 0. The maximum Gasteiger partial charge on any atom is 0.186 e. The van der Waals surface area contributed by atoms with Crippen LogP contribution in [-0.4, -0.2) is 19.9 Å². The molecule has 3 aromatic carbocycles. The van der Waals surface area contributed by atoms with Crippen molar-refractivity contribution in [1.29, 1.82) is 0 Å². The molecule has 3 heteroatoms. The van der Waals surface area contributed by atoms with Crippen LogP contribution in [0.3, 0.4) is 0 Å². The zero-order valence-corrected chi connectivity index (χ0v) is 14.8. The predicted octanol–water partition coefficient (Wildman–Crippen LogP) is 5.45. The van der Waals surface area contributed by atoms with Crippen LogP contribution in [0.1, 0.15) is 15.9 Å². The molecule has 0 atom stereocenters. The number of rotatable bonds is 5. The van der Waals surface area contributed by atoms with Gasteiger partial charge in [0.25, 0.3) is 0 Å². The van der Waals surface area contributed by atoms with E-state index in [-0.39, 0.29) is 11.6 Å². The SMILES string of the molecule is CN(C)c1ccc(/C=C/C(=O)c2ccccc2-c2ccc(F)cc2)cc1. The van der Waals surface area contributed by atoms with E-state index in [1.165, 1.54) is 12.1 Å². The summed E-state index contributed by atoms with van der Waals surface area (Å²) in [7, 11) is 3.97. The van der Waals surface area contributed by atoms with Crippen molar-refractivity contribution in [3.05, 3.63) is 95.8 Å². The number of carbonyl (C=O) groups excluding carboxylic acids is 1. The molecule has 2 nitrogen and oxygen atoms in total. The highest BCUT2D eigenvalue weighted by atomic mass is 19.1. The maximum absolute atomic E-state index is 13.2. The van der Waals surface area contributed by atoms with Gasteiger partial charge in [-0.1, -0.05) is 54.6 Å². The topological polar surface area (TPSA) is 20.3 Å². The summed E-state index contributed by atoms with van der Waals surface area (Å²) in [6.45, 7) is 0. The molecule has 0 heterocycles. The molecule has 0 aromatic heterocycles. The molecule has 0 amide bonds. The Morgan fingerprint density at radius 2 is 1.54 bits per heavy atom. The molecule has 0 radical (unpaired) electrons. The van der Waals surface area contributed by atoms with E-state index in [0.717, 1.165) is 22.4 Å². The van der Waals surface area contributed by atoms with Crippen molar-refractivity contribution < 1.29 is 9.18 Å². The van der Waals surface area contributed by atoms with Crippen LogP contribution in [0.25, 0.3) is 17.2 Å². The first-order valence-corrected chi connectivity index (χ1v) is 8.39. The minimum absolute atomic E-state index is 0.0818. The van der Waals surface area contributed by atoms with E-state index >= 15 is 0 Å².